The molecule has 166 valence electrons. The van der Waals surface area contributed by atoms with Gasteiger partial charge in [0.2, 0.25) is 5.91 Å². The maximum atomic E-state index is 12.8. The Morgan fingerprint density at radius 2 is 1.73 bits per heavy atom. The van der Waals surface area contributed by atoms with Crippen molar-refractivity contribution in [1.82, 2.24) is 34.3 Å². The summed E-state index contributed by atoms with van der Waals surface area (Å²) in [6.45, 7) is 7.72. The van der Waals surface area contributed by atoms with E-state index in [1.54, 1.807) is 10.7 Å². The van der Waals surface area contributed by atoms with E-state index in [0.717, 1.165) is 39.2 Å². The molecule has 5 rings (SSSR count). The van der Waals surface area contributed by atoms with Gasteiger partial charge >= 0.3 is 0 Å². The van der Waals surface area contributed by atoms with Gasteiger partial charge in [0, 0.05) is 22.8 Å². The van der Waals surface area contributed by atoms with Crippen molar-refractivity contribution in [2.75, 3.05) is 11.1 Å². The molecule has 0 aliphatic heterocycles. The minimum atomic E-state index is -0.182. The molecule has 1 amide bonds. The third-order valence-electron chi connectivity index (χ3n) is 5.17. The lowest BCUT2D eigenvalue weighted by Gasteiger charge is -2.09. The number of rotatable bonds is 5. The first-order valence-electron chi connectivity index (χ1n) is 10.4. The summed E-state index contributed by atoms with van der Waals surface area (Å²) in [5.41, 5.74) is 5.33. The second kappa shape index (κ2) is 8.28. The van der Waals surface area contributed by atoms with Crippen LogP contribution in [0.2, 0.25) is 0 Å². The number of pyridine rings is 1. The molecule has 0 unspecified atom stereocenters. The van der Waals surface area contributed by atoms with E-state index in [0.29, 0.717) is 16.9 Å². The molecule has 0 saturated carbocycles. The lowest BCUT2D eigenvalue weighted by molar-refractivity contribution is -0.113. The standard InChI is InChI=1S/C23H22N8OS/c1-13-9-20-27-28-23(30(20)18-8-6-5-7-17(13)18)33-12-21(32)26-19-11-16(4)29-31(19)22-24-14(2)10-15(3)25-22/h5-11H,12H2,1-4H3,(H,26,32). The molecule has 33 heavy (non-hydrogen) atoms. The van der Waals surface area contributed by atoms with Crippen LogP contribution in [0.3, 0.4) is 0 Å². The van der Waals surface area contributed by atoms with E-state index in [-0.39, 0.29) is 11.7 Å². The fraction of sp³-hybridized carbons (Fsp3) is 0.217. The Kier molecular flexibility index (Phi) is 5.29. The Bertz CT molecular complexity index is 1500. The highest BCUT2D eigenvalue weighted by molar-refractivity contribution is 7.99. The molecule has 0 saturated heterocycles. The number of hydrogen-bond donors (Lipinski definition) is 1. The molecule has 0 fully saturated rings. The summed E-state index contributed by atoms with van der Waals surface area (Å²) < 4.78 is 3.54. The highest BCUT2D eigenvalue weighted by atomic mass is 32.2. The van der Waals surface area contributed by atoms with E-state index >= 15 is 0 Å². The fourth-order valence-corrected chi connectivity index (χ4v) is 4.57. The predicted molar refractivity (Wildman–Crippen MR) is 128 cm³/mol. The molecule has 9 nitrogen and oxygen atoms in total. The van der Waals surface area contributed by atoms with Crippen molar-refractivity contribution in [2.24, 2.45) is 0 Å². The van der Waals surface area contributed by atoms with Crippen LogP contribution >= 0.6 is 11.8 Å². The van der Waals surface area contributed by atoms with E-state index in [4.69, 9.17) is 0 Å². The van der Waals surface area contributed by atoms with Crippen LogP contribution in [-0.4, -0.2) is 46.0 Å². The van der Waals surface area contributed by atoms with Gasteiger partial charge in [-0.2, -0.15) is 9.78 Å². The average Bonchev–Trinajstić information content (AvgIpc) is 3.34. The maximum Gasteiger partial charge on any atom is 0.252 e. The molecule has 1 aromatic carbocycles. The largest absolute Gasteiger partial charge is 0.310 e. The van der Waals surface area contributed by atoms with Gasteiger partial charge in [-0.05, 0) is 51.5 Å². The van der Waals surface area contributed by atoms with E-state index in [1.165, 1.54) is 11.8 Å². The molecule has 0 atom stereocenters. The summed E-state index contributed by atoms with van der Waals surface area (Å²) >= 11 is 1.33. The van der Waals surface area contributed by atoms with Crippen molar-refractivity contribution in [3.63, 3.8) is 0 Å². The molecular formula is C23H22N8OS. The summed E-state index contributed by atoms with van der Waals surface area (Å²) in [5, 5.41) is 17.8. The second-order valence-corrected chi connectivity index (χ2v) is 8.83. The van der Waals surface area contributed by atoms with Crippen molar-refractivity contribution >= 4 is 40.0 Å². The van der Waals surface area contributed by atoms with Gasteiger partial charge in [0.25, 0.3) is 5.95 Å². The van der Waals surface area contributed by atoms with Crippen molar-refractivity contribution in [1.29, 1.82) is 0 Å². The minimum Gasteiger partial charge on any atom is -0.310 e. The van der Waals surface area contributed by atoms with Crippen molar-refractivity contribution < 1.29 is 4.79 Å². The minimum absolute atomic E-state index is 0.168. The number of nitrogens with one attached hydrogen (secondary N) is 1. The highest BCUT2D eigenvalue weighted by Gasteiger charge is 2.16. The molecule has 10 heteroatoms. The number of hydrogen-bond acceptors (Lipinski definition) is 7. The van der Waals surface area contributed by atoms with Gasteiger partial charge in [0.05, 0.1) is 17.0 Å². The molecule has 0 spiro atoms. The Labute approximate surface area is 194 Å². The van der Waals surface area contributed by atoms with Crippen LogP contribution in [0.1, 0.15) is 22.6 Å². The highest BCUT2D eigenvalue weighted by Crippen LogP contribution is 2.26. The first kappa shape index (κ1) is 21.1. The zero-order valence-electron chi connectivity index (χ0n) is 18.7. The van der Waals surface area contributed by atoms with Crippen LogP contribution in [0.4, 0.5) is 5.82 Å². The smallest absolute Gasteiger partial charge is 0.252 e. The van der Waals surface area contributed by atoms with E-state index in [2.05, 4.69) is 43.6 Å². The second-order valence-electron chi connectivity index (χ2n) is 7.89. The molecule has 4 aromatic heterocycles. The van der Waals surface area contributed by atoms with Gasteiger partial charge in [-0.15, -0.1) is 10.2 Å². The number of aryl methyl sites for hydroxylation is 4. The van der Waals surface area contributed by atoms with Crippen LogP contribution in [0.25, 0.3) is 22.5 Å². The summed E-state index contributed by atoms with van der Waals surface area (Å²) in [7, 11) is 0. The fourth-order valence-electron chi connectivity index (χ4n) is 3.82. The zero-order valence-corrected chi connectivity index (χ0v) is 19.5. The number of aromatic nitrogens is 7. The third kappa shape index (κ3) is 4.05. The molecule has 5 aromatic rings. The average molecular weight is 459 g/mol. The van der Waals surface area contributed by atoms with Gasteiger partial charge in [0.1, 0.15) is 5.82 Å². The molecule has 0 radical (unpaired) electrons. The molecular weight excluding hydrogens is 436 g/mol. The Morgan fingerprint density at radius 1 is 0.970 bits per heavy atom. The SMILES string of the molecule is Cc1cc(C)nc(-n2nc(C)cc2NC(=O)CSc2nnc3cc(C)c4ccccc4n23)n1. The number of carbonyl (C=O) groups excluding carboxylic acids is 1. The lowest BCUT2D eigenvalue weighted by atomic mass is 10.1. The molecule has 1 N–H and O–H groups in total. The molecule has 0 bridgehead atoms. The topological polar surface area (TPSA) is 103 Å². The number of nitrogens with zero attached hydrogens (tertiary/aromatic N) is 7. The summed E-state index contributed by atoms with van der Waals surface area (Å²) in [6.07, 6.45) is 0. The first-order chi connectivity index (χ1) is 15.9. The quantitative estimate of drug-likeness (QED) is 0.399. The number of thioether (sulfide) groups is 1. The van der Waals surface area contributed by atoms with Gasteiger partial charge in [-0.1, -0.05) is 30.0 Å². The number of para-hydroxylation sites is 1. The summed E-state index contributed by atoms with van der Waals surface area (Å²) in [5.74, 6) is 0.934. The normalized spacial score (nSPS) is 11.4. The van der Waals surface area contributed by atoms with Crippen molar-refractivity contribution in [2.45, 2.75) is 32.9 Å². The number of carbonyl (C=O) groups is 1. The summed E-state index contributed by atoms with van der Waals surface area (Å²) in [4.78, 5) is 21.7. The monoisotopic (exact) mass is 458 g/mol. The van der Waals surface area contributed by atoms with Gasteiger partial charge in [-0.25, -0.2) is 9.97 Å². The van der Waals surface area contributed by atoms with Gasteiger partial charge < -0.3 is 5.32 Å². The number of benzene rings is 1. The van der Waals surface area contributed by atoms with Gasteiger partial charge in [0.15, 0.2) is 10.8 Å². The van der Waals surface area contributed by atoms with Crippen LogP contribution in [0.5, 0.6) is 0 Å². The van der Waals surface area contributed by atoms with Crippen LogP contribution in [-0.2, 0) is 4.79 Å². The van der Waals surface area contributed by atoms with E-state index < -0.39 is 0 Å². The zero-order chi connectivity index (χ0) is 23.1. The first-order valence-corrected chi connectivity index (χ1v) is 11.4. The van der Waals surface area contributed by atoms with Crippen molar-refractivity contribution in [3.05, 3.63) is 65.1 Å². The van der Waals surface area contributed by atoms with Crippen LogP contribution in [0, 0.1) is 27.7 Å². The number of fused-ring (bicyclic) bond motifs is 3. The van der Waals surface area contributed by atoms with E-state index in [1.807, 2.05) is 55.5 Å². The molecule has 0 aliphatic rings. The van der Waals surface area contributed by atoms with Crippen LogP contribution < -0.4 is 5.32 Å². The summed E-state index contributed by atoms with van der Waals surface area (Å²) in [6, 6.07) is 13.8. The number of anilines is 1. The van der Waals surface area contributed by atoms with Gasteiger partial charge in [-0.3, -0.25) is 9.20 Å². The third-order valence-corrected chi connectivity index (χ3v) is 6.09. The molecule has 4 heterocycles. The Morgan fingerprint density at radius 3 is 2.52 bits per heavy atom. The maximum absolute atomic E-state index is 12.8. The molecule has 0 aliphatic carbocycles. The number of amides is 1. The lowest BCUT2D eigenvalue weighted by Crippen LogP contribution is -2.18. The van der Waals surface area contributed by atoms with Crippen molar-refractivity contribution in [3.8, 4) is 5.95 Å². The Balaban J connectivity index is 1.38. The van der Waals surface area contributed by atoms with Crippen LogP contribution in [0.15, 0.2) is 47.6 Å². The van der Waals surface area contributed by atoms with E-state index in [9.17, 15) is 4.79 Å². The predicted octanol–water partition coefficient (Wildman–Crippen LogP) is 3.82. The Hall–Kier alpha value is -3.79.